The molecule has 2 rings (SSSR count). The number of carbonyl (C=O) groups excluding carboxylic acids is 2. The third-order valence-electron chi connectivity index (χ3n) is 3.05. The smallest absolute Gasteiger partial charge is 0.234 e. The molecule has 0 aromatic carbocycles. The van der Waals surface area contributed by atoms with E-state index in [9.17, 15) is 9.59 Å². The minimum absolute atomic E-state index is 0.0156. The Balaban J connectivity index is 1.51. The van der Waals surface area contributed by atoms with Gasteiger partial charge >= 0.3 is 0 Å². The predicted molar refractivity (Wildman–Crippen MR) is 59.8 cm³/mol. The first-order valence-corrected chi connectivity index (χ1v) is 6.01. The second-order valence-electron chi connectivity index (χ2n) is 4.68. The van der Waals surface area contributed by atoms with Gasteiger partial charge in [0.2, 0.25) is 11.8 Å². The lowest BCUT2D eigenvalue weighted by Crippen LogP contribution is -2.42. The van der Waals surface area contributed by atoms with Crippen LogP contribution in [-0.4, -0.2) is 37.5 Å². The Kier molecular flexibility index (Phi) is 3.77. The molecule has 1 unspecified atom stereocenters. The van der Waals surface area contributed by atoms with E-state index in [1.54, 1.807) is 0 Å². The van der Waals surface area contributed by atoms with Crippen LogP contribution in [0.5, 0.6) is 0 Å². The Morgan fingerprint density at radius 3 is 2.75 bits per heavy atom. The van der Waals surface area contributed by atoms with Crippen molar-refractivity contribution in [3.05, 3.63) is 0 Å². The van der Waals surface area contributed by atoms with Crippen molar-refractivity contribution in [2.75, 3.05) is 19.6 Å². The van der Waals surface area contributed by atoms with E-state index in [1.807, 2.05) is 0 Å². The molecule has 90 valence electrons. The summed E-state index contributed by atoms with van der Waals surface area (Å²) in [5.74, 6) is 0.898. The molecule has 2 aliphatic rings. The quantitative estimate of drug-likeness (QED) is 0.564. The van der Waals surface area contributed by atoms with Crippen LogP contribution in [-0.2, 0) is 9.59 Å². The highest BCUT2D eigenvalue weighted by molar-refractivity contribution is 5.79. The number of hydrogen-bond acceptors (Lipinski definition) is 3. The van der Waals surface area contributed by atoms with E-state index in [-0.39, 0.29) is 17.9 Å². The van der Waals surface area contributed by atoms with E-state index in [0.717, 1.165) is 18.9 Å². The van der Waals surface area contributed by atoms with Crippen molar-refractivity contribution in [1.29, 1.82) is 0 Å². The Bertz CT molecular complexity index is 276. The van der Waals surface area contributed by atoms with E-state index in [2.05, 4.69) is 16.0 Å². The van der Waals surface area contributed by atoms with E-state index in [0.29, 0.717) is 19.5 Å². The maximum atomic E-state index is 11.4. The van der Waals surface area contributed by atoms with Crippen LogP contribution in [0.2, 0.25) is 0 Å². The van der Waals surface area contributed by atoms with Gasteiger partial charge in [0.25, 0.3) is 0 Å². The molecule has 2 amide bonds. The van der Waals surface area contributed by atoms with Crippen molar-refractivity contribution >= 4 is 11.8 Å². The molecule has 0 spiro atoms. The molecule has 0 bridgehead atoms. The zero-order chi connectivity index (χ0) is 11.4. The van der Waals surface area contributed by atoms with Gasteiger partial charge in [-0.3, -0.25) is 9.59 Å². The highest BCUT2D eigenvalue weighted by Crippen LogP contribution is 2.27. The monoisotopic (exact) mass is 225 g/mol. The lowest BCUT2D eigenvalue weighted by molar-refractivity contribution is -0.121. The number of amides is 2. The molecule has 5 heteroatoms. The standard InChI is InChI=1S/C11H19N3O2/c15-10-4-3-9(14-10)6-13-11(16)7-12-5-8-1-2-8/h8-9,12H,1-7H2,(H,13,16)(H,14,15). The molecule has 1 heterocycles. The van der Waals surface area contributed by atoms with Gasteiger partial charge in [-0.05, 0) is 31.7 Å². The van der Waals surface area contributed by atoms with Gasteiger partial charge in [0.05, 0.1) is 6.54 Å². The highest BCUT2D eigenvalue weighted by Gasteiger charge is 2.22. The fourth-order valence-corrected chi connectivity index (χ4v) is 1.84. The maximum absolute atomic E-state index is 11.4. The normalized spacial score (nSPS) is 24.2. The number of carbonyl (C=O) groups is 2. The van der Waals surface area contributed by atoms with E-state index >= 15 is 0 Å². The van der Waals surface area contributed by atoms with Crippen molar-refractivity contribution in [2.45, 2.75) is 31.7 Å². The fraction of sp³-hybridized carbons (Fsp3) is 0.818. The van der Waals surface area contributed by atoms with Crippen LogP contribution in [0.25, 0.3) is 0 Å². The van der Waals surface area contributed by atoms with Gasteiger partial charge in [-0.1, -0.05) is 0 Å². The summed E-state index contributed by atoms with van der Waals surface area (Å²) in [5.41, 5.74) is 0. The molecule has 0 aromatic rings. The molecule has 1 saturated heterocycles. The van der Waals surface area contributed by atoms with Gasteiger partial charge < -0.3 is 16.0 Å². The van der Waals surface area contributed by atoms with E-state index in [4.69, 9.17) is 0 Å². The summed E-state index contributed by atoms with van der Waals surface area (Å²) < 4.78 is 0. The lowest BCUT2D eigenvalue weighted by Gasteiger charge is -2.11. The third kappa shape index (κ3) is 3.81. The molecular formula is C11H19N3O2. The zero-order valence-electron chi connectivity index (χ0n) is 9.42. The molecule has 0 aromatic heterocycles. The van der Waals surface area contributed by atoms with Gasteiger partial charge in [-0.25, -0.2) is 0 Å². The molecule has 1 aliphatic heterocycles. The first-order valence-electron chi connectivity index (χ1n) is 6.01. The molecule has 5 nitrogen and oxygen atoms in total. The predicted octanol–water partition coefficient (Wildman–Crippen LogP) is -0.619. The topological polar surface area (TPSA) is 70.2 Å². The second-order valence-corrected chi connectivity index (χ2v) is 4.68. The molecule has 1 saturated carbocycles. The van der Waals surface area contributed by atoms with E-state index in [1.165, 1.54) is 12.8 Å². The van der Waals surface area contributed by atoms with Crippen molar-refractivity contribution < 1.29 is 9.59 Å². The second kappa shape index (κ2) is 5.30. The Hall–Kier alpha value is -1.10. The van der Waals surface area contributed by atoms with Crippen LogP contribution in [0.1, 0.15) is 25.7 Å². The largest absolute Gasteiger partial charge is 0.353 e. The van der Waals surface area contributed by atoms with E-state index < -0.39 is 0 Å². The summed E-state index contributed by atoms with van der Waals surface area (Å²) in [5, 5.41) is 8.77. The summed E-state index contributed by atoms with van der Waals surface area (Å²) in [4.78, 5) is 22.3. The average Bonchev–Trinajstić information content (AvgIpc) is 2.98. The first-order chi connectivity index (χ1) is 7.74. The maximum Gasteiger partial charge on any atom is 0.234 e. The van der Waals surface area contributed by atoms with Crippen molar-refractivity contribution in [3.63, 3.8) is 0 Å². The van der Waals surface area contributed by atoms with Crippen LogP contribution in [0.4, 0.5) is 0 Å². The van der Waals surface area contributed by atoms with Crippen LogP contribution in [0, 0.1) is 5.92 Å². The van der Waals surface area contributed by atoms with Gasteiger partial charge in [0, 0.05) is 19.0 Å². The third-order valence-corrected chi connectivity index (χ3v) is 3.05. The molecule has 1 atom stereocenters. The first kappa shape index (κ1) is 11.4. The molecule has 3 N–H and O–H groups in total. The summed E-state index contributed by atoms with van der Waals surface area (Å²) >= 11 is 0. The molecule has 1 aliphatic carbocycles. The molecule has 2 fully saturated rings. The summed E-state index contributed by atoms with van der Waals surface area (Å²) in [6, 6.07) is 0.125. The van der Waals surface area contributed by atoms with Crippen molar-refractivity contribution in [1.82, 2.24) is 16.0 Å². The number of nitrogens with one attached hydrogen (secondary N) is 3. The number of hydrogen-bond donors (Lipinski definition) is 3. The molecular weight excluding hydrogens is 206 g/mol. The minimum Gasteiger partial charge on any atom is -0.353 e. The Labute approximate surface area is 95.3 Å². The van der Waals surface area contributed by atoms with Gasteiger partial charge in [0.1, 0.15) is 0 Å². The zero-order valence-corrected chi connectivity index (χ0v) is 9.42. The Morgan fingerprint density at radius 2 is 2.12 bits per heavy atom. The fourth-order valence-electron chi connectivity index (χ4n) is 1.84. The summed E-state index contributed by atoms with van der Waals surface area (Å²) in [6.07, 6.45) is 4.00. The lowest BCUT2D eigenvalue weighted by atomic mass is 10.2. The van der Waals surface area contributed by atoms with Crippen molar-refractivity contribution in [3.8, 4) is 0 Å². The summed E-state index contributed by atoms with van der Waals surface area (Å²) in [6.45, 7) is 1.89. The number of rotatable bonds is 6. The van der Waals surface area contributed by atoms with Crippen LogP contribution >= 0.6 is 0 Å². The average molecular weight is 225 g/mol. The molecule has 0 radical (unpaired) electrons. The van der Waals surface area contributed by atoms with Gasteiger partial charge in [0.15, 0.2) is 0 Å². The van der Waals surface area contributed by atoms with Gasteiger partial charge in [-0.2, -0.15) is 0 Å². The SMILES string of the molecule is O=C(CNCC1CC1)NCC1CCC(=O)N1. The van der Waals surface area contributed by atoms with Crippen LogP contribution in [0.15, 0.2) is 0 Å². The van der Waals surface area contributed by atoms with Crippen molar-refractivity contribution in [2.24, 2.45) is 5.92 Å². The highest BCUT2D eigenvalue weighted by atomic mass is 16.2. The van der Waals surface area contributed by atoms with Crippen LogP contribution < -0.4 is 16.0 Å². The summed E-state index contributed by atoms with van der Waals surface area (Å²) in [7, 11) is 0. The molecule has 16 heavy (non-hydrogen) atoms. The Morgan fingerprint density at radius 1 is 1.31 bits per heavy atom. The van der Waals surface area contributed by atoms with Crippen LogP contribution in [0.3, 0.4) is 0 Å². The van der Waals surface area contributed by atoms with Gasteiger partial charge in [-0.15, -0.1) is 0 Å². The minimum atomic E-state index is 0.0156.